The van der Waals surface area contributed by atoms with Gasteiger partial charge in [-0.05, 0) is 29.8 Å². The number of hydrogen-bond acceptors (Lipinski definition) is 4. The number of aromatic nitrogens is 2. The molecule has 0 amide bonds. The van der Waals surface area contributed by atoms with E-state index >= 15 is 0 Å². The van der Waals surface area contributed by atoms with Crippen molar-refractivity contribution in [3.63, 3.8) is 0 Å². The molecule has 0 aliphatic rings. The van der Waals surface area contributed by atoms with Gasteiger partial charge in [-0.25, -0.2) is 0 Å². The predicted molar refractivity (Wildman–Crippen MR) is 73.8 cm³/mol. The molecule has 0 unspecified atom stereocenters. The van der Waals surface area contributed by atoms with Gasteiger partial charge in [0.2, 0.25) is 5.89 Å². The van der Waals surface area contributed by atoms with Crippen LogP contribution in [0.15, 0.2) is 53.3 Å². The minimum Gasteiger partial charge on any atom is -0.338 e. The third kappa shape index (κ3) is 2.48. The topological polar surface area (TPSA) is 51.0 Å². The average Bonchev–Trinajstić information content (AvgIpc) is 2.98. The molecule has 3 aromatic rings. The number of nitrogens with zero attached hydrogens (tertiary/aromatic N) is 2. The first-order valence-corrected chi connectivity index (χ1v) is 6.28. The molecule has 0 aliphatic carbocycles. The van der Waals surface area contributed by atoms with Crippen molar-refractivity contribution in [3.8, 4) is 0 Å². The van der Waals surface area contributed by atoms with Crippen molar-refractivity contribution in [2.45, 2.75) is 12.5 Å². The summed E-state index contributed by atoms with van der Waals surface area (Å²) in [5.74, 6) is 0.621. The lowest BCUT2D eigenvalue weighted by Crippen LogP contribution is -2.19. The lowest BCUT2D eigenvalue weighted by Gasteiger charge is -2.12. The number of fused-ring (bicyclic) bond motifs is 1. The second kappa shape index (κ2) is 5.20. The maximum Gasteiger partial charge on any atom is 0.243 e. The normalized spacial score (nSPS) is 12.7. The Kier molecular flexibility index (Phi) is 3.25. The van der Waals surface area contributed by atoms with Gasteiger partial charge in [0, 0.05) is 0 Å². The molecule has 0 fully saturated rings. The van der Waals surface area contributed by atoms with Crippen LogP contribution in [0.2, 0.25) is 0 Å². The van der Waals surface area contributed by atoms with Gasteiger partial charge < -0.3 is 9.84 Å². The molecule has 0 spiro atoms. The Morgan fingerprint density at radius 2 is 2.00 bits per heavy atom. The first-order chi connectivity index (χ1) is 9.36. The summed E-state index contributed by atoms with van der Waals surface area (Å²) >= 11 is 0. The molecule has 1 aromatic heterocycles. The highest BCUT2D eigenvalue weighted by Crippen LogP contribution is 2.20. The van der Waals surface area contributed by atoms with Crippen LogP contribution in [0.1, 0.15) is 17.5 Å². The first-order valence-electron chi connectivity index (χ1n) is 6.28. The number of hydrogen-bond donors (Lipinski definition) is 1. The fourth-order valence-electron chi connectivity index (χ4n) is 2.25. The zero-order valence-electron chi connectivity index (χ0n) is 10.7. The highest BCUT2D eigenvalue weighted by Gasteiger charge is 2.15. The summed E-state index contributed by atoms with van der Waals surface area (Å²) in [7, 11) is 1.90. The van der Waals surface area contributed by atoms with E-state index in [1.807, 2.05) is 7.05 Å². The van der Waals surface area contributed by atoms with Crippen LogP contribution in [0.5, 0.6) is 0 Å². The number of benzene rings is 2. The van der Waals surface area contributed by atoms with Gasteiger partial charge in [-0.15, -0.1) is 0 Å². The van der Waals surface area contributed by atoms with Gasteiger partial charge in [0.1, 0.15) is 0 Å². The molecular formula is C15H15N3O. The monoisotopic (exact) mass is 253 g/mol. The van der Waals surface area contributed by atoms with E-state index in [9.17, 15) is 0 Å². The van der Waals surface area contributed by atoms with Gasteiger partial charge in [0.15, 0.2) is 6.33 Å². The van der Waals surface area contributed by atoms with E-state index in [2.05, 4.69) is 57.9 Å². The number of nitrogens with one attached hydrogen (secondary N) is 1. The van der Waals surface area contributed by atoms with Crippen LogP contribution in [-0.2, 0) is 6.42 Å². The lowest BCUT2D eigenvalue weighted by atomic mass is 10.0. The molecule has 1 atom stereocenters. The van der Waals surface area contributed by atoms with E-state index in [-0.39, 0.29) is 6.04 Å². The lowest BCUT2D eigenvalue weighted by molar-refractivity contribution is 0.336. The second-order valence-corrected chi connectivity index (χ2v) is 4.51. The largest absolute Gasteiger partial charge is 0.338 e. The summed E-state index contributed by atoms with van der Waals surface area (Å²) in [6.07, 6.45) is 2.25. The van der Waals surface area contributed by atoms with Crippen LogP contribution < -0.4 is 5.32 Å². The van der Waals surface area contributed by atoms with E-state index < -0.39 is 0 Å². The Bertz CT molecular complexity index is 664. The molecule has 4 nitrogen and oxygen atoms in total. The van der Waals surface area contributed by atoms with E-state index in [4.69, 9.17) is 4.52 Å². The van der Waals surface area contributed by atoms with Crippen molar-refractivity contribution in [2.75, 3.05) is 7.05 Å². The zero-order valence-corrected chi connectivity index (χ0v) is 10.7. The minimum absolute atomic E-state index is 0.0451. The van der Waals surface area contributed by atoms with E-state index in [1.165, 1.54) is 22.7 Å². The Hall–Kier alpha value is -2.20. The Morgan fingerprint density at radius 3 is 2.74 bits per heavy atom. The summed E-state index contributed by atoms with van der Waals surface area (Å²) in [4.78, 5) is 4.11. The highest BCUT2D eigenvalue weighted by molar-refractivity contribution is 5.82. The molecular weight excluding hydrogens is 238 g/mol. The molecule has 2 aromatic carbocycles. The third-order valence-electron chi connectivity index (χ3n) is 3.28. The molecule has 1 heterocycles. The standard InChI is InChI=1S/C15H15N3O/c1-16-14(15-17-10-18-19-15)9-11-6-7-12-4-2-3-5-13(12)8-11/h2-8,10,14,16H,9H2,1H3/t14-/m1/s1. The highest BCUT2D eigenvalue weighted by atomic mass is 16.5. The Labute approximate surface area is 111 Å². The molecule has 0 bridgehead atoms. The van der Waals surface area contributed by atoms with Crippen molar-refractivity contribution in [3.05, 3.63) is 60.2 Å². The molecule has 4 heteroatoms. The van der Waals surface area contributed by atoms with E-state index in [1.54, 1.807) is 0 Å². The average molecular weight is 253 g/mol. The minimum atomic E-state index is 0.0451. The van der Waals surface area contributed by atoms with Gasteiger partial charge in [-0.1, -0.05) is 47.6 Å². The summed E-state index contributed by atoms with van der Waals surface area (Å²) < 4.78 is 5.12. The smallest absolute Gasteiger partial charge is 0.243 e. The van der Waals surface area contributed by atoms with E-state index in [0.717, 1.165) is 6.42 Å². The molecule has 1 N–H and O–H groups in total. The summed E-state index contributed by atoms with van der Waals surface area (Å²) in [6, 6.07) is 14.9. The van der Waals surface area contributed by atoms with Gasteiger partial charge >= 0.3 is 0 Å². The van der Waals surface area contributed by atoms with Crippen LogP contribution in [0.3, 0.4) is 0 Å². The molecule has 96 valence electrons. The van der Waals surface area contributed by atoms with Gasteiger partial charge in [0.05, 0.1) is 6.04 Å². The van der Waals surface area contributed by atoms with Gasteiger partial charge in [0.25, 0.3) is 0 Å². The fraction of sp³-hybridized carbons (Fsp3) is 0.200. The van der Waals surface area contributed by atoms with Crippen LogP contribution in [-0.4, -0.2) is 17.2 Å². The summed E-state index contributed by atoms with van der Waals surface area (Å²) in [5.41, 5.74) is 1.25. The van der Waals surface area contributed by atoms with Crippen molar-refractivity contribution >= 4 is 10.8 Å². The molecule has 0 saturated heterocycles. The maximum absolute atomic E-state index is 5.12. The van der Waals surface area contributed by atoms with Crippen molar-refractivity contribution in [1.82, 2.24) is 15.5 Å². The fourth-order valence-corrected chi connectivity index (χ4v) is 2.25. The molecule has 0 aliphatic heterocycles. The molecule has 0 radical (unpaired) electrons. The Balaban J connectivity index is 1.88. The zero-order chi connectivity index (χ0) is 13.1. The third-order valence-corrected chi connectivity index (χ3v) is 3.28. The SMILES string of the molecule is CN[C@H](Cc1ccc2ccccc2c1)c1ncno1. The van der Waals surface area contributed by atoms with Crippen LogP contribution in [0.4, 0.5) is 0 Å². The first kappa shape index (κ1) is 11.9. The summed E-state index contributed by atoms with van der Waals surface area (Å²) in [6.45, 7) is 0. The molecule has 3 rings (SSSR count). The van der Waals surface area contributed by atoms with Gasteiger partial charge in [-0.3, -0.25) is 0 Å². The van der Waals surface area contributed by atoms with Gasteiger partial charge in [-0.2, -0.15) is 4.98 Å². The van der Waals surface area contributed by atoms with Crippen molar-refractivity contribution in [2.24, 2.45) is 0 Å². The van der Waals surface area contributed by atoms with Crippen molar-refractivity contribution < 1.29 is 4.52 Å². The summed E-state index contributed by atoms with van der Waals surface area (Å²) in [5, 5.41) is 9.37. The number of rotatable bonds is 4. The maximum atomic E-state index is 5.12. The van der Waals surface area contributed by atoms with Crippen LogP contribution in [0, 0.1) is 0 Å². The quantitative estimate of drug-likeness (QED) is 0.776. The van der Waals surface area contributed by atoms with E-state index in [0.29, 0.717) is 5.89 Å². The molecule has 19 heavy (non-hydrogen) atoms. The predicted octanol–water partition coefficient (Wildman–Crippen LogP) is 2.73. The number of likely N-dealkylation sites (N-methyl/N-ethyl adjacent to an activating group) is 1. The Morgan fingerprint density at radius 1 is 1.16 bits per heavy atom. The van der Waals surface area contributed by atoms with Crippen molar-refractivity contribution in [1.29, 1.82) is 0 Å². The molecule has 0 saturated carbocycles. The van der Waals surface area contributed by atoms with Crippen LogP contribution >= 0.6 is 0 Å². The second-order valence-electron chi connectivity index (χ2n) is 4.51. The van der Waals surface area contributed by atoms with Crippen LogP contribution in [0.25, 0.3) is 10.8 Å².